The first-order valence-electron chi connectivity index (χ1n) is 10.7. The number of carbonyl (C=O) groups excluding carboxylic acids is 2. The number of nitrogens with zero attached hydrogens (tertiary/aromatic N) is 1. The Morgan fingerprint density at radius 2 is 1.79 bits per heavy atom. The van der Waals surface area contributed by atoms with Gasteiger partial charge in [0.2, 0.25) is 0 Å². The summed E-state index contributed by atoms with van der Waals surface area (Å²) >= 11 is 0. The van der Waals surface area contributed by atoms with Gasteiger partial charge in [-0.25, -0.2) is 0 Å². The number of aliphatic hydroxyl groups is 1. The van der Waals surface area contributed by atoms with Gasteiger partial charge in [0.1, 0.15) is 11.5 Å². The van der Waals surface area contributed by atoms with E-state index in [4.69, 9.17) is 14.2 Å². The molecule has 0 aliphatic carbocycles. The summed E-state index contributed by atoms with van der Waals surface area (Å²) in [6.07, 6.45) is 0. The first-order chi connectivity index (χ1) is 15.8. The summed E-state index contributed by atoms with van der Waals surface area (Å²) in [5.41, 5.74) is 0.852. The number of amides is 1. The van der Waals surface area contributed by atoms with Crippen LogP contribution in [0.4, 0.5) is 0 Å². The van der Waals surface area contributed by atoms with Gasteiger partial charge >= 0.3 is 0 Å². The van der Waals surface area contributed by atoms with Crippen LogP contribution in [-0.2, 0) is 14.3 Å². The Bertz CT molecular complexity index is 1040. The highest BCUT2D eigenvalue weighted by Crippen LogP contribution is 2.41. The number of benzene rings is 2. The number of hydrogen-bond donors (Lipinski definition) is 2. The number of ether oxygens (including phenoxy) is 3. The Hall–Kier alpha value is -3.52. The average Bonchev–Trinajstić information content (AvgIpc) is 3.06. The lowest BCUT2D eigenvalue weighted by Gasteiger charge is -2.25. The molecule has 0 radical (unpaired) electrons. The summed E-state index contributed by atoms with van der Waals surface area (Å²) in [6.45, 7) is 5.00. The Morgan fingerprint density at radius 1 is 1.09 bits per heavy atom. The molecule has 0 aromatic heterocycles. The van der Waals surface area contributed by atoms with Crippen molar-refractivity contribution in [2.75, 3.05) is 34.0 Å². The molecule has 33 heavy (non-hydrogen) atoms. The Balaban J connectivity index is 2.07. The Labute approximate surface area is 193 Å². The molecule has 2 N–H and O–H groups in total. The number of phenolic OH excluding ortho intramolecular Hbond substituents is 1. The van der Waals surface area contributed by atoms with E-state index in [1.807, 2.05) is 13.8 Å². The molecule has 1 fully saturated rings. The first kappa shape index (κ1) is 24.1. The normalized spacial score (nSPS) is 17.6. The van der Waals surface area contributed by atoms with Gasteiger partial charge in [0.25, 0.3) is 11.7 Å². The summed E-state index contributed by atoms with van der Waals surface area (Å²) < 4.78 is 16.0. The average molecular weight is 456 g/mol. The van der Waals surface area contributed by atoms with Crippen LogP contribution in [0.2, 0.25) is 0 Å². The fraction of sp³-hybridized carbons (Fsp3) is 0.360. The highest BCUT2D eigenvalue weighted by atomic mass is 16.5. The number of Topliss-reactive ketones (excluding diaryl/α,β-unsaturated/α-hetero) is 1. The van der Waals surface area contributed by atoms with E-state index in [1.54, 1.807) is 36.4 Å². The fourth-order valence-corrected chi connectivity index (χ4v) is 3.64. The second-order valence-electron chi connectivity index (χ2n) is 8.15. The largest absolute Gasteiger partial charge is 0.507 e. The minimum atomic E-state index is -0.869. The van der Waals surface area contributed by atoms with Crippen molar-refractivity contribution in [1.82, 2.24) is 4.90 Å². The van der Waals surface area contributed by atoms with Gasteiger partial charge in [0.05, 0.1) is 31.9 Å². The molecule has 176 valence electrons. The molecule has 0 saturated carbocycles. The van der Waals surface area contributed by atoms with E-state index in [9.17, 15) is 19.8 Å². The number of ketones is 1. The van der Waals surface area contributed by atoms with Crippen LogP contribution in [0.25, 0.3) is 5.76 Å². The number of methoxy groups -OCH3 is 2. The van der Waals surface area contributed by atoms with Gasteiger partial charge in [0.15, 0.2) is 11.5 Å². The van der Waals surface area contributed by atoms with Crippen LogP contribution in [0.5, 0.6) is 17.2 Å². The van der Waals surface area contributed by atoms with Gasteiger partial charge in [0, 0.05) is 19.2 Å². The SMILES string of the molecule is COCCN1C(=O)C(=O)/C(=C(/O)c2ccc(OCC(C)C)cc2)[C@H]1c1ccc(O)c(OC)c1. The third-order valence-electron chi connectivity index (χ3n) is 5.31. The predicted molar refractivity (Wildman–Crippen MR) is 122 cm³/mol. The van der Waals surface area contributed by atoms with Crippen LogP contribution in [-0.4, -0.2) is 60.8 Å². The van der Waals surface area contributed by atoms with Gasteiger partial charge in [-0.3, -0.25) is 9.59 Å². The van der Waals surface area contributed by atoms with Crippen LogP contribution < -0.4 is 9.47 Å². The van der Waals surface area contributed by atoms with Gasteiger partial charge in [-0.05, 0) is 47.9 Å². The molecule has 1 atom stereocenters. The molecule has 2 aromatic carbocycles. The Morgan fingerprint density at radius 3 is 2.39 bits per heavy atom. The van der Waals surface area contributed by atoms with Crippen molar-refractivity contribution < 1.29 is 34.0 Å². The molecule has 8 heteroatoms. The van der Waals surface area contributed by atoms with Crippen LogP contribution in [0, 0.1) is 5.92 Å². The second-order valence-corrected chi connectivity index (χ2v) is 8.15. The van der Waals surface area contributed by atoms with E-state index in [0.29, 0.717) is 29.4 Å². The van der Waals surface area contributed by atoms with Gasteiger partial charge in [-0.2, -0.15) is 0 Å². The lowest BCUT2D eigenvalue weighted by atomic mass is 9.95. The third kappa shape index (κ3) is 5.12. The number of carbonyl (C=O) groups is 2. The van der Waals surface area contributed by atoms with E-state index >= 15 is 0 Å². The molecule has 8 nitrogen and oxygen atoms in total. The maximum Gasteiger partial charge on any atom is 0.295 e. The maximum atomic E-state index is 13.0. The molecule has 3 rings (SSSR count). The van der Waals surface area contributed by atoms with Crippen LogP contribution in [0.15, 0.2) is 48.0 Å². The summed E-state index contributed by atoms with van der Waals surface area (Å²) in [5, 5.41) is 21.1. The monoisotopic (exact) mass is 455 g/mol. The lowest BCUT2D eigenvalue weighted by molar-refractivity contribution is -0.140. The standard InChI is InChI=1S/C25H29NO7/c1-15(2)14-33-18-8-5-16(6-9-18)23(28)21-22(17-7-10-19(27)20(13-17)32-4)26(11-12-31-3)25(30)24(21)29/h5-10,13,15,22,27-28H,11-12,14H2,1-4H3/b23-21+/t22-/m1/s1. The minimum Gasteiger partial charge on any atom is -0.507 e. The van der Waals surface area contributed by atoms with Crippen LogP contribution in [0.1, 0.15) is 31.0 Å². The zero-order valence-electron chi connectivity index (χ0n) is 19.2. The van der Waals surface area contributed by atoms with E-state index in [2.05, 4.69) is 0 Å². The molecule has 0 bridgehead atoms. The summed E-state index contributed by atoms with van der Waals surface area (Å²) in [5.74, 6) is -0.698. The van der Waals surface area contributed by atoms with E-state index in [1.165, 1.54) is 25.2 Å². The maximum absolute atomic E-state index is 13.0. The first-order valence-corrected chi connectivity index (χ1v) is 10.7. The smallest absolute Gasteiger partial charge is 0.295 e. The highest BCUT2D eigenvalue weighted by molar-refractivity contribution is 6.46. The zero-order chi connectivity index (χ0) is 24.1. The van der Waals surface area contributed by atoms with E-state index in [-0.39, 0.29) is 36.0 Å². The van der Waals surface area contributed by atoms with Crippen molar-refractivity contribution in [2.24, 2.45) is 5.92 Å². The molecule has 1 saturated heterocycles. The van der Waals surface area contributed by atoms with Gasteiger partial charge in [-0.15, -0.1) is 0 Å². The number of phenols is 1. The van der Waals surface area contributed by atoms with Crippen molar-refractivity contribution in [2.45, 2.75) is 19.9 Å². The Kier molecular flexibility index (Phi) is 7.60. The molecule has 1 aliphatic rings. The molecular weight excluding hydrogens is 426 g/mol. The number of likely N-dealkylation sites (tertiary alicyclic amines) is 1. The molecule has 1 aliphatic heterocycles. The number of aromatic hydroxyl groups is 1. The molecule has 0 spiro atoms. The quantitative estimate of drug-likeness (QED) is 0.339. The van der Waals surface area contributed by atoms with Crippen molar-refractivity contribution in [3.63, 3.8) is 0 Å². The molecular formula is C25H29NO7. The zero-order valence-corrected chi connectivity index (χ0v) is 19.2. The van der Waals surface area contributed by atoms with E-state index < -0.39 is 17.7 Å². The van der Waals surface area contributed by atoms with Crippen molar-refractivity contribution >= 4 is 17.4 Å². The number of aliphatic hydroxyl groups excluding tert-OH is 1. The molecule has 0 unspecified atom stereocenters. The van der Waals surface area contributed by atoms with E-state index in [0.717, 1.165) is 0 Å². The molecule has 2 aromatic rings. The highest BCUT2D eigenvalue weighted by Gasteiger charge is 2.46. The predicted octanol–water partition coefficient (Wildman–Crippen LogP) is 3.50. The second kappa shape index (κ2) is 10.4. The van der Waals surface area contributed by atoms with Crippen molar-refractivity contribution in [1.29, 1.82) is 0 Å². The van der Waals surface area contributed by atoms with Gasteiger partial charge < -0.3 is 29.3 Å². The van der Waals surface area contributed by atoms with Crippen LogP contribution >= 0.6 is 0 Å². The van der Waals surface area contributed by atoms with Crippen molar-refractivity contribution in [3.05, 3.63) is 59.2 Å². The molecule has 1 heterocycles. The lowest BCUT2D eigenvalue weighted by Crippen LogP contribution is -2.32. The summed E-state index contributed by atoms with van der Waals surface area (Å²) in [7, 11) is 2.90. The number of rotatable bonds is 9. The number of hydrogen-bond acceptors (Lipinski definition) is 7. The van der Waals surface area contributed by atoms with Crippen molar-refractivity contribution in [3.8, 4) is 17.2 Å². The minimum absolute atomic E-state index is 0.0419. The summed E-state index contributed by atoms with van der Waals surface area (Å²) in [6, 6.07) is 10.4. The topological polar surface area (TPSA) is 106 Å². The fourth-order valence-electron chi connectivity index (χ4n) is 3.64. The third-order valence-corrected chi connectivity index (χ3v) is 5.31. The van der Waals surface area contributed by atoms with Crippen LogP contribution in [0.3, 0.4) is 0 Å². The van der Waals surface area contributed by atoms with Gasteiger partial charge in [-0.1, -0.05) is 19.9 Å². The molecule has 1 amide bonds. The summed E-state index contributed by atoms with van der Waals surface area (Å²) in [4.78, 5) is 27.2.